The molecule has 1 aromatic carbocycles. The minimum Gasteiger partial charge on any atom is -0.392 e. The maximum absolute atomic E-state index is 13.4. The third-order valence-corrected chi connectivity index (χ3v) is 6.35. The fourth-order valence-corrected chi connectivity index (χ4v) is 4.18. The number of aliphatic hydroxyl groups is 1. The van der Waals surface area contributed by atoms with E-state index in [1.807, 2.05) is 20.8 Å². The number of hydrogen-bond acceptors (Lipinski definition) is 6. The molecule has 0 bridgehead atoms. The predicted molar refractivity (Wildman–Crippen MR) is 149 cm³/mol. The van der Waals surface area contributed by atoms with E-state index in [1.54, 1.807) is 24.3 Å². The summed E-state index contributed by atoms with van der Waals surface area (Å²) in [6.45, 7) is 7.13. The molecule has 0 aromatic heterocycles. The molecule has 0 radical (unpaired) electrons. The molecule has 5 amide bonds. The summed E-state index contributed by atoms with van der Waals surface area (Å²) >= 11 is 0. The number of benzene rings is 1. The smallest absolute Gasteiger partial charge is 0.312 e. The van der Waals surface area contributed by atoms with Crippen LogP contribution in [0.1, 0.15) is 78.2 Å². The van der Waals surface area contributed by atoms with Crippen LogP contribution in [0.5, 0.6) is 0 Å². The molecule has 0 aliphatic heterocycles. The number of Topliss-reactive ketones (excluding diaryl/α,β-unsaturated/α-hetero) is 1. The topological polar surface area (TPSA) is 180 Å². The summed E-state index contributed by atoms with van der Waals surface area (Å²) in [4.78, 5) is 62.3. The number of nitrogens with one attached hydrogen (secondary N) is 4. The van der Waals surface area contributed by atoms with E-state index in [-0.39, 0.29) is 43.1 Å². The number of anilines is 1. The van der Waals surface area contributed by atoms with Gasteiger partial charge in [-0.25, -0.2) is 4.79 Å². The van der Waals surface area contributed by atoms with Crippen LogP contribution in [-0.4, -0.2) is 53.3 Å². The van der Waals surface area contributed by atoms with Crippen molar-refractivity contribution in [3.63, 3.8) is 0 Å². The van der Waals surface area contributed by atoms with Crippen LogP contribution in [0.4, 0.5) is 10.5 Å². The van der Waals surface area contributed by atoms with Crippen LogP contribution < -0.4 is 27.0 Å². The molecule has 39 heavy (non-hydrogen) atoms. The van der Waals surface area contributed by atoms with Crippen molar-refractivity contribution in [3.8, 4) is 0 Å². The van der Waals surface area contributed by atoms with Crippen LogP contribution in [-0.2, 0) is 25.8 Å². The zero-order valence-corrected chi connectivity index (χ0v) is 23.5. The van der Waals surface area contributed by atoms with Gasteiger partial charge in [0.05, 0.1) is 12.6 Å². The maximum atomic E-state index is 13.4. The number of urea groups is 1. The Labute approximate surface area is 231 Å². The highest BCUT2D eigenvalue weighted by Crippen LogP contribution is 2.19. The second-order valence-corrected chi connectivity index (χ2v) is 10.1. The lowest BCUT2D eigenvalue weighted by molar-refractivity contribution is -0.133. The van der Waals surface area contributed by atoms with E-state index in [0.717, 1.165) is 19.3 Å². The van der Waals surface area contributed by atoms with E-state index >= 15 is 0 Å². The van der Waals surface area contributed by atoms with Crippen molar-refractivity contribution in [1.29, 1.82) is 0 Å². The van der Waals surface area contributed by atoms with Gasteiger partial charge in [0.1, 0.15) is 6.04 Å². The number of rotatable bonds is 18. The van der Waals surface area contributed by atoms with Crippen LogP contribution >= 0.6 is 0 Å². The van der Waals surface area contributed by atoms with Crippen LogP contribution in [0.2, 0.25) is 0 Å². The van der Waals surface area contributed by atoms with Crippen LogP contribution in [0.15, 0.2) is 24.3 Å². The third kappa shape index (κ3) is 13.2. The van der Waals surface area contributed by atoms with Crippen molar-refractivity contribution >= 4 is 35.2 Å². The van der Waals surface area contributed by atoms with Crippen LogP contribution in [0.3, 0.4) is 0 Å². The normalized spacial score (nSPS) is 13.2. The van der Waals surface area contributed by atoms with Gasteiger partial charge in [0.2, 0.25) is 17.7 Å². The number of aliphatic hydroxyl groups excluding tert-OH is 1. The number of primary amides is 1. The second kappa shape index (κ2) is 17.9. The first-order chi connectivity index (χ1) is 18.5. The zero-order chi connectivity index (χ0) is 29.4. The second-order valence-electron chi connectivity index (χ2n) is 10.1. The molecule has 218 valence electrons. The summed E-state index contributed by atoms with van der Waals surface area (Å²) in [6, 6.07) is 4.42. The van der Waals surface area contributed by atoms with Gasteiger partial charge >= 0.3 is 6.03 Å². The van der Waals surface area contributed by atoms with Crippen molar-refractivity contribution in [2.24, 2.45) is 17.6 Å². The quantitative estimate of drug-likeness (QED) is 0.154. The van der Waals surface area contributed by atoms with Gasteiger partial charge in [-0.3, -0.25) is 19.2 Å². The molecule has 3 atom stereocenters. The van der Waals surface area contributed by atoms with Crippen molar-refractivity contribution in [2.45, 2.75) is 91.3 Å². The van der Waals surface area contributed by atoms with Crippen molar-refractivity contribution in [1.82, 2.24) is 16.0 Å². The van der Waals surface area contributed by atoms with E-state index in [4.69, 9.17) is 5.73 Å². The number of carbonyl (C=O) groups is 5. The molecule has 0 saturated carbocycles. The number of ketones is 1. The lowest BCUT2D eigenvalue weighted by Gasteiger charge is -2.26. The SMILES string of the molecule is CCCCC[C@H](NC(C)=O)C(=O)N[C@H](C(=O)C[C@@H](CCCNC(N)=O)C(=O)Nc1ccc(CO)cc1)C(C)C. The van der Waals surface area contributed by atoms with Gasteiger partial charge in [0, 0.05) is 31.5 Å². The van der Waals surface area contributed by atoms with Crippen molar-refractivity contribution < 1.29 is 29.1 Å². The van der Waals surface area contributed by atoms with Gasteiger partial charge in [-0.05, 0) is 42.9 Å². The number of amides is 5. The zero-order valence-electron chi connectivity index (χ0n) is 23.5. The van der Waals surface area contributed by atoms with Gasteiger partial charge in [0.25, 0.3) is 0 Å². The lowest BCUT2D eigenvalue weighted by atomic mass is 9.89. The first-order valence-corrected chi connectivity index (χ1v) is 13.6. The standard InChI is InChI=1S/C28H45N5O6/c1-5-6-7-10-23(31-19(4)35)27(38)33-25(18(2)3)24(36)16-21(9-8-15-30-28(29)39)26(37)32-22-13-11-20(17-34)12-14-22/h11-14,18,21,23,25,34H,5-10,15-17H2,1-4H3,(H,31,35)(H,32,37)(H,33,38)(H3,29,30,39)/t21-,23+,25+/m1/s1. The molecule has 0 spiro atoms. The molecule has 0 heterocycles. The van der Waals surface area contributed by atoms with Crippen LogP contribution in [0.25, 0.3) is 0 Å². The molecule has 0 aliphatic rings. The molecule has 11 heteroatoms. The Morgan fingerprint density at radius 3 is 2.13 bits per heavy atom. The Bertz CT molecular complexity index is 950. The van der Waals surface area contributed by atoms with Crippen molar-refractivity contribution in [2.75, 3.05) is 11.9 Å². The Kier molecular flexibility index (Phi) is 15.4. The number of carbonyl (C=O) groups excluding carboxylic acids is 5. The number of nitrogens with two attached hydrogens (primary N) is 1. The van der Waals surface area contributed by atoms with E-state index in [9.17, 15) is 29.1 Å². The Hall–Kier alpha value is -3.47. The average molecular weight is 548 g/mol. The number of hydrogen-bond donors (Lipinski definition) is 6. The third-order valence-electron chi connectivity index (χ3n) is 6.35. The van der Waals surface area contributed by atoms with Gasteiger partial charge in [-0.15, -0.1) is 0 Å². The Morgan fingerprint density at radius 1 is 0.923 bits per heavy atom. The molecule has 0 fully saturated rings. The first kappa shape index (κ1) is 33.6. The molecule has 1 rings (SSSR count). The van der Waals surface area contributed by atoms with Gasteiger partial charge in [0.15, 0.2) is 5.78 Å². The number of unbranched alkanes of at least 4 members (excludes halogenated alkanes) is 2. The molecular formula is C28H45N5O6. The van der Waals surface area contributed by atoms with E-state index in [2.05, 4.69) is 21.3 Å². The Balaban J connectivity index is 3.00. The summed E-state index contributed by atoms with van der Waals surface area (Å²) in [5.74, 6) is -2.40. The maximum Gasteiger partial charge on any atom is 0.312 e. The lowest BCUT2D eigenvalue weighted by Crippen LogP contribution is -2.53. The summed E-state index contributed by atoms with van der Waals surface area (Å²) in [7, 11) is 0. The van der Waals surface area contributed by atoms with Crippen LogP contribution in [0, 0.1) is 11.8 Å². The molecule has 11 nitrogen and oxygen atoms in total. The van der Waals surface area contributed by atoms with E-state index < -0.39 is 29.9 Å². The largest absolute Gasteiger partial charge is 0.392 e. The van der Waals surface area contributed by atoms with Crippen molar-refractivity contribution in [3.05, 3.63) is 29.8 Å². The minimum atomic E-state index is -0.845. The van der Waals surface area contributed by atoms with E-state index in [0.29, 0.717) is 30.5 Å². The monoisotopic (exact) mass is 547 g/mol. The van der Waals surface area contributed by atoms with Gasteiger partial charge in [-0.2, -0.15) is 0 Å². The summed E-state index contributed by atoms with van der Waals surface area (Å²) in [6.07, 6.45) is 3.70. The summed E-state index contributed by atoms with van der Waals surface area (Å²) in [5.41, 5.74) is 6.33. The molecule has 0 unspecified atom stereocenters. The van der Waals surface area contributed by atoms with Gasteiger partial charge < -0.3 is 32.1 Å². The summed E-state index contributed by atoms with van der Waals surface area (Å²) in [5, 5.41) is 20.0. The molecule has 7 N–H and O–H groups in total. The molecule has 0 saturated heterocycles. The fourth-order valence-electron chi connectivity index (χ4n) is 4.18. The first-order valence-electron chi connectivity index (χ1n) is 13.6. The van der Waals surface area contributed by atoms with E-state index in [1.165, 1.54) is 6.92 Å². The molecular weight excluding hydrogens is 502 g/mol. The highest BCUT2D eigenvalue weighted by atomic mass is 16.3. The summed E-state index contributed by atoms with van der Waals surface area (Å²) < 4.78 is 0. The molecule has 1 aromatic rings. The van der Waals surface area contributed by atoms with Gasteiger partial charge in [-0.1, -0.05) is 52.2 Å². The predicted octanol–water partition coefficient (Wildman–Crippen LogP) is 2.37. The average Bonchev–Trinajstić information content (AvgIpc) is 2.88. The highest BCUT2D eigenvalue weighted by molar-refractivity contribution is 5.98. The molecule has 0 aliphatic carbocycles. The highest BCUT2D eigenvalue weighted by Gasteiger charge is 2.31. The minimum absolute atomic E-state index is 0.123. The fraction of sp³-hybridized carbons (Fsp3) is 0.607. The Morgan fingerprint density at radius 2 is 1.59 bits per heavy atom.